The van der Waals surface area contributed by atoms with Gasteiger partial charge >= 0.3 is 0 Å². The van der Waals surface area contributed by atoms with Crippen molar-refractivity contribution in [3.8, 4) is 0 Å². The van der Waals surface area contributed by atoms with E-state index in [-0.39, 0.29) is 11.5 Å². The number of carbonyl (C=O) groups is 1. The highest BCUT2D eigenvalue weighted by atomic mass is 16.2. The molecule has 2 aromatic rings. The minimum atomic E-state index is -0.0493. The van der Waals surface area contributed by atoms with Crippen molar-refractivity contribution < 1.29 is 4.79 Å². The summed E-state index contributed by atoms with van der Waals surface area (Å²) in [4.78, 5) is 26.3. The van der Waals surface area contributed by atoms with Crippen LogP contribution in [0.4, 0.5) is 0 Å². The lowest BCUT2D eigenvalue weighted by Crippen LogP contribution is -2.40. The van der Waals surface area contributed by atoms with Gasteiger partial charge < -0.3 is 9.47 Å². The Morgan fingerprint density at radius 2 is 2.26 bits per heavy atom. The number of carbonyl (C=O) groups excluding carboxylic acids is 1. The number of aromatic nitrogens is 3. The maximum atomic E-state index is 12.5. The van der Waals surface area contributed by atoms with Crippen LogP contribution in [0.15, 0.2) is 35.3 Å². The summed E-state index contributed by atoms with van der Waals surface area (Å²) in [5.41, 5.74) is 1.93. The molecule has 2 aromatic heterocycles. The van der Waals surface area contributed by atoms with Crippen molar-refractivity contribution in [3.05, 3.63) is 52.2 Å². The third kappa shape index (κ3) is 3.52. The number of aromatic amines is 1. The molecule has 122 valence electrons. The first-order valence-electron chi connectivity index (χ1n) is 8.08. The summed E-state index contributed by atoms with van der Waals surface area (Å²) in [7, 11) is 0. The zero-order chi connectivity index (χ0) is 16.2. The Morgan fingerprint density at radius 3 is 3.00 bits per heavy atom. The Hall–Kier alpha value is -2.37. The van der Waals surface area contributed by atoms with Crippen LogP contribution < -0.4 is 5.56 Å². The van der Waals surface area contributed by atoms with E-state index in [1.807, 2.05) is 24.0 Å². The smallest absolute Gasteiger partial charge is 0.250 e. The van der Waals surface area contributed by atoms with Gasteiger partial charge in [0, 0.05) is 55.6 Å². The second-order valence-electron chi connectivity index (χ2n) is 6.10. The molecule has 6 nitrogen and oxygen atoms in total. The van der Waals surface area contributed by atoms with Gasteiger partial charge in [-0.1, -0.05) is 6.07 Å². The summed E-state index contributed by atoms with van der Waals surface area (Å²) in [6, 6.07) is 7.15. The maximum absolute atomic E-state index is 12.5. The number of amides is 1. The number of hydrogen-bond acceptors (Lipinski definition) is 3. The highest BCUT2D eigenvalue weighted by Gasteiger charge is 2.25. The Morgan fingerprint density at radius 1 is 1.39 bits per heavy atom. The fourth-order valence-corrected chi connectivity index (χ4v) is 3.23. The number of aryl methyl sites for hydroxylation is 1. The predicted molar refractivity (Wildman–Crippen MR) is 87.2 cm³/mol. The van der Waals surface area contributed by atoms with Gasteiger partial charge in [-0.25, -0.2) is 0 Å². The van der Waals surface area contributed by atoms with E-state index in [4.69, 9.17) is 0 Å². The molecular formula is C17H22N4O2. The van der Waals surface area contributed by atoms with E-state index < -0.39 is 0 Å². The van der Waals surface area contributed by atoms with E-state index >= 15 is 0 Å². The highest BCUT2D eigenvalue weighted by Crippen LogP contribution is 2.25. The molecule has 1 N–H and O–H groups in total. The summed E-state index contributed by atoms with van der Waals surface area (Å²) >= 11 is 0. The quantitative estimate of drug-likeness (QED) is 0.933. The monoisotopic (exact) mass is 314 g/mol. The average Bonchev–Trinajstić information content (AvgIpc) is 3.09. The summed E-state index contributed by atoms with van der Waals surface area (Å²) in [6.45, 7) is 3.85. The zero-order valence-electron chi connectivity index (χ0n) is 13.4. The Balaban J connectivity index is 1.61. The Kier molecular flexibility index (Phi) is 4.60. The van der Waals surface area contributed by atoms with Crippen molar-refractivity contribution >= 4 is 5.91 Å². The molecule has 1 atom stereocenters. The van der Waals surface area contributed by atoms with Gasteiger partial charge in [0.2, 0.25) is 5.91 Å². The van der Waals surface area contributed by atoms with Gasteiger partial charge in [-0.3, -0.25) is 14.7 Å². The molecular weight excluding hydrogens is 292 g/mol. The fourth-order valence-electron chi connectivity index (χ4n) is 3.23. The molecule has 6 heteroatoms. The molecule has 0 bridgehead atoms. The lowest BCUT2D eigenvalue weighted by molar-refractivity contribution is -0.132. The third-order valence-corrected chi connectivity index (χ3v) is 4.55. The summed E-state index contributed by atoms with van der Waals surface area (Å²) < 4.78 is 1.66. The molecule has 0 saturated carbocycles. The van der Waals surface area contributed by atoms with E-state index in [0.29, 0.717) is 18.9 Å². The van der Waals surface area contributed by atoms with Gasteiger partial charge in [-0.05, 0) is 31.9 Å². The fraction of sp³-hybridized carbons (Fsp3) is 0.471. The molecule has 0 spiro atoms. The Bertz CT molecular complexity index is 720. The van der Waals surface area contributed by atoms with E-state index in [2.05, 4.69) is 10.2 Å². The van der Waals surface area contributed by atoms with Crippen LogP contribution in [-0.2, 0) is 11.3 Å². The second-order valence-corrected chi connectivity index (χ2v) is 6.10. The van der Waals surface area contributed by atoms with Crippen LogP contribution in [0.25, 0.3) is 0 Å². The number of piperidine rings is 1. The highest BCUT2D eigenvalue weighted by molar-refractivity contribution is 5.76. The molecule has 0 radical (unpaired) electrons. The van der Waals surface area contributed by atoms with Crippen molar-refractivity contribution in [2.45, 2.75) is 38.6 Å². The summed E-state index contributed by atoms with van der Waals surface area (Å²) in [6.07, 6.45) is 4.18. The predicted octanol–water partition coefficient (Wildman–Crippen LogP) is 1.68. The van der Waals surface area contributed by atoms with Crippen LogP contribution in [0.2, 0.25) is 0 Å². The molecule has 1 fully saturated rings. The molecule has 0 unspecified atom stereocenters. The largest absolute Gasteiger partial charge is 0.342 e. The summed E-state index contributed by atoms with van der Waals surface area (Å²) in [5.74, 6) is 0.445. The number of H-pyrrole nitrogens is 1. The molecule has 1 amide bonds. The van der Waals surface area contributed by atoms with E-state index in [9.17, 15) is 9.59 Å². The zero-order valence-corrected chi connectivity index (χ0v) is 13.4. The van der Waals surface area contributed by atoms with Gasteiger partial charge in [0.1, 0.15) is 0 Å². The number of pyridine rings is 1. The van der Waals surface area contributed by atoms with Crippen molar-refractivity contribution in [2.75, 3.05) is 13.1 Å². The maximum Gasteiger partial charge on any atom is 0.250 e. The van der Waals surface area contributed by atoms with Crippen molar-refractivity contribution in [3.63, 3.8) is 0 Å². The van der Waals surface area contributed by atoms with Gasteiger partial charge in [-0.15, -0.1) is 0 Å². The number of rotatable bonds is 4. The molecule has 1 aliphatic rings. The van der Waals surface area contributed by atoms with E-state index in [1.54, 1.807) is 16.8 Å². The molecule has 0 aliphatic carbocycles. The van der Waals surface area contributed by atoms with Gasteiger partial charge in [0.05, 0.1) is 0 Å². The number of likely N-dealkylation sites (tertiary alicyclic amines) is 1. The van der Waals surface area contributed by atoms with Gasteiger partial charge in [-0.2, -0.15) is 5.10 Å². The molecule has 3 heterocycles. The molecule has 1 saturated heterocycles. The van der Waals surface area contributed by atoms with Crippen LogP contribution >= 0.6 is 0 Å². The van der Waals surface area contributed by atoms with Crippen molar-refractivity contribution in [2.24, 2.45) is 0 Å². The normalized spacial score (nSPS) is 18.1. The number of nitrogens with one attached hydrogen (secondary N) is 1. The minimum Gasteiger partial charge on any atom is -0.342 e. The van der Waals surface area contributed by atoms with Gasteiger partial charge in [0.15, 0.2) is 0 Å². The lowest BCUT2D eigenvalue weighted by Gasteiger charge is -2.32. The van der Waals surface area contributed by atoms with E-state index in [1.165, 1.54) is 6.07 Å². The van der Waals surface area contributed by atoms with Crippen LogP contribution in [0.5, 0.6) is 0 Å². The standard InChI is InChI=1S/C17H22N4O2/c1-13-4-2-6-17(23)21(13)11-8-16(22)20-10-3-5-14(12-20)15-7-9-18-19-15/h2,4,6-7,9,14H,3,5,8,10-12H2,1H3,(H,18,19)/t14-/m1/s1. The SMILES string of the molecule is Cc1cccc(=O)n1CCC(=O)N1CCC[C@@H](c2ccn[nH]2)C1. The first-order chi connectivity index (χ1) is 11.1. The number of nitrogens with zero attached hydrogens (tertiary/aromatic N) is 3. The Labute approximate surface area is 135 Å². The van der Waals surface area contributed by atoms with Crippen molar-refractivity contribution in [1.29, 1.82) is 0 Å². The first-order valence-corrected chi connectivity index (χ1v) is 8.08. The van der Waals surface area contributed by atoms with Crippen LogP contribution in [0.3, 0.4) is 0 Å². The van der Waals surface area contributed by atoms with Crippen LogP contribution in [-0.4, -0.2) is 38.7 Å². The van der Waals surface area contributed by atoms with Crippen molar-refractivity contribution in [1.82, 2.24) is 19.7 Å². The van der Waals surface area contributed by atoms with E-state index in [0.717, 1.165) is 37.3 Å². The molecule has 3 rings (SSSR count). The number of hydrogen-bond donors (Lipinski definition) is 1. The van der Waals surface area contributed by atoms with Crippen LogP contribution in [0.1, 0.15) is 36.6 Å². The first kappa shape index (κ1) is 15.5. The van der Waals surface area contributed by atoms with Crippen LogP contribution in [0, 0.1) is 6.92 Å². The second kappa shape index (κ2) is 6.81. The third-order valence-electron chi connectivity index (χ3n) is 4.55. The lowest BCUT2D eigenvalue weighted by atomic mass is 9.95. The molecule has 0 aromatic carbocycles. The molecule has 1 aliphatic heterocycles. The van der Waals surface area contributed by atoms with Gasteiger partial charge in [0.25, 0.3) is 5.56 Å². The minimum absolute atomic E-state index is 0.0493. The molecule has 23 heavy (non-hydrogen) atoms. The average molecular weight is 314 g/mol. The summed E-state index contributed by atoms with van der Waals surface area (Å²) in [5, 5.41) is 7.00. The topological polar surface area (TPSA) is 71.0 Å².